The van der Waals surface area contributed by atoms with Gasteiger partial charge in [0.2, 0.25) is 5.78 Å². The number of ether oxygens (including phenoxy) is 1. The summed E-state index contributed by atoms with van der Waals surface area (Å²) in [4.78, 5) is 24.3. The van der Waals surface area contributed by atoms with Crippen molar-refractivity contribution < 1.29 is 14.3 Å². The largest absolute Gasteiger partial charge is 0.480 e. The fraction of sp³-hybridized carbons (Fsp3) is 0.333. The van der Waals surface area contributed by atoms with E-state index in [0.29, 0.717) is 24.4 Å². The number of unbranched alkanes of at least 4 members (excludes halogenated alkanes) is 1. The van der Waals surface area contributed by atoms with Crippen molar-refractivity contribution >= 4 is 11.7 Å². The topological polar surface area (TPSA) is 67.4 Å². The van der Waals surface area contributed by atoms with E-state index in [1.165, 1.54) is 0 Å². The van der Waals surface area contributed by atoms with Crippen molar-refractivity contribution in [2.45, 2.75) is 25.9 Å². The van der Waals surface area contributed by atoms with Gasteiger partial charge in [-0.15, -0.1) is 0 Å². The highest BCUT2D eigenvalue weighted by atomic mass is 16.5. The number of amides is 1. The van der Waals surface area contributed by atoms with Gasteiger partial charge in [-0.2, -0.15) is 0 Å². The number of rotatable bonds is 8. The zero-order valence-electron chi connectivity index (χ0n) is 15.0. The Hall–Kier alpha value is -2.66. The summed E-state index contributed by atoms with van der Waals surface area (Å²) in [6.07, 6.45) is 1.36. The molecule has 1 heterocycles. The molecule has 2 aromatic carbocycles. The molecule has 1 unspecified atom stereocenters. The summed E-state index contributed by atoms with van der Waals surface area (Å²) < 4.78 is 5.67. The van der Waals surface area contributed by atoms with E-state index >= 15 is 0 Å². The molecular weight excluding hydrogens is 328 g/mol. The van der Waals surface area contributed by atoms with Crippen LogP contribution in [0.4, 0.5) is 0 Å². The highest BCUT2D eigenvalue weighted by Crippen LogP contribution is 2.27. The molecule has 5 heteroatoms. The Morgan fingerprint density at radius 2 is 1.77 bits per heavy atom. The second-order valence-corrected chi connectivity index (χ2v) is 6.45. The average Bonchev–Trinajstić information content (AvgIpc) is 2.97. The average molecular weight is 352 g/mol. The number of nitrogens with one attached hydrogen (secondary N) is 2. The van der Waals surface area contributed by atoms with E-state index in [2.05, 4.69) is 10.6 Å². The first-order chi connectivity index (χ1) is 12.7. The number of Topliss-reactive ketones (excluding diaryl/α,β-unsaturated/α-hetero) is 1. The van der Waals surface area contributed by atoms with Crippen LogP contribution in [0.25, 0.3) is 0 Å². The molecule has 1 atom stereocenters. The maximum absolute atomic E-state index is 12.2. The highest BCUT2D eigenvalue weighted by molar-refractivity contribution is 6.04. The molecule has 0 fully saturated rings. The fourth-order valence-corrected chi connectivity index (χ4v) is 3.02. The van der Waals surface area contributed by atoms with Crippen molar-refractivity contribution in [3.05, 3.63) is 65.2 Å². The summed E-state index contributed by atoms with van der Waals surface area (Å²) in [5.41, 5.74) is 2.37. The number of hydrogen-bond acceptors (Lipinski definition) is 4. The van der Waals surface area contributed by atoms with Gasteiger partial charge >= 0.3 is 0 Å². The first-order valence-electron chi connectivity index (χ1n) is 9.01. The Morgan fingerprint density at radius 1 is 1.04 bits per heavy atom. The molecule has 136 valence electrons. The van der Waals surface area contributed by atoms with E-state index in [-0.39, 0.29) is 11.7 Å². The van der Waals surface area contributed by atoms with Gasteiger partial charge in [0.25, 0.3) is 5.91 Å². The van der Waals surface area contributed by atoms with Crippen LogP contribution in [-0.2, 0) is 0 Å². The van der Waals surface area contributed by atoms with Gasteiger partial charge in [-0.3, -0.25) is 9.59 Å². The molecule has 0 saturated heterocycles. The Bertz CT molecular complexity index is 788. The number of carbonyl (C=O) groups excluding carboxylic acids is 2. The van der Waals surface area contributed by atoms with Crippen LogP contribution in [0, 0.1) is 6.92 Å². The predicted octanol–water partition coefficient (Wildman–Crippen LogP) is 2.74. The molecule has 0 aromatic heterocycles. The minimum Gasteiger partial charge on any atom is -0.480 e. The third-order valence-corrected chi connectivity index (χ3v) is 4.50. The van der Waals surface area contributed by atoms with Crippen LogP contribution in [0.15, 0.2) is 48.5 Å². The van der Waals surface area contributed by atoms with Crippen molar-refractivity contribution in [3.63, 3.8) is 0 Å². The number of ketones is 1. The van der Waals surface area contributed by atoms with Crippen LogP contribution in [-0.4, -0.2) is 37.4 Å². The van der Waals surface area contributed by atoms with Crippen LogP contribution in [0.1, 0.15) is 39.1 Å². The predicted molar refractivity (Wildman–Crippen MR) is 101 cm³/mol. The van der Waals surface area contributed by atoms with Crippen molar-refractivity contribution in [1.82, 2.24) is 10.6 Å². The summed E-state index contributed by atoms with van der Waals surface area (Å²) in [5, 5.41) is 6.21. The third kappa shape index (κ3) is 4.29. The maximum Gasteiger partial charge on any atom is 0.251 e. The van der Waals surface area contributed by atoms with Gasteiger partial charge in [0.15, 0.2) is 6.10 Å². The van der Waals surface area contributed by atoms with Gasteiger partial charge in [0, 0.05) is 18.7 Å². The molecule has 3 rings (SSSR count). The molecule has 0 saturated carbocycles. The molecule has 0 bridgehead atoms. The normalized spacial score (nSPS) is 15.4. The first kappa shape index (κ1) is 18.1. The van der Waals surface area contributed by atoms with Crippen molar-refractivity contribution in [1.29, 1.82) is 0 Å². The molecule has 0 radical (unpaired) electrons. The van der Waals surface area contributed by atoms with E-state index in [9.17, 15) is 9.59 Å². The second kappa shape index (κ2) is 8.63. The molecule has 2 N–H and O–H groups in total. The van der Waals surface area contributed by atoms with Crippen LogP contribution >= 0.6 is 0 Å². The lowest BCUT2D eigenvalue weighted by atomic mass is 10.1. The quantitative estimate of drug-likeness (QED) is 0.717. The van der Waals surface area contributed by atoms with E-state index < -0.39 is 6.10 Å². The van der Waals surface area contributed by atoms with Crippen LogP contribution in [0.2, 0.25) is 0 Å². The molecule has 1 amide bonds. The minimum atomic E-state index is -0.437. The Morgan fingerprint density at radius 3 is 2.58 bits per heavy atom. The van der Waals surface area contributed by atoms with Crippen LogP contribution < -0.4 is 15.4 Å². The molecular formula is C21H24N2O3. The summed E-state index contributed by atoms with van der Waals surface area (Å²) in [6, 6.07) is 14.9. The van der Waals surface area contributed by atoms with E-state index in [4.69, 9.17) is 4.74 Å². The molecule has 1 aliphatic rings. The molecule has 0 aliphatic carbocycles. The number of benzene rings is 2. The number of aryl methyl sites for hydroxylation is 1. The zero-order chi connectivity index (χ0) is 18.4. The molecule has 0 spiro atoms. The lowest BCUT2D eigenvalue weighted by Crippen LogP contribution is -2.34. The summed E-state index contributed by atoms with van der Waals surface area (Å²) in [6.45, 7) is 3.86. The monoisotopic (exact) mass is 352 g/mol. The summed E-state index contributed by atoms with van der Waals surface area (Å²) >= 11 is 0. The van der Waals surface area contributed by atoms with Gasteiger partial charge in [-0.05, 0) is 50.1 Å². The van der Waals surface area contributed by atoms with E-state index in [1.807, 2.05) is 49.4 Å². The number of carbonyl (C=O) groups is 2. The Balaban J connectivity index is 1.29. The van der Waals surface area contributed by atoms with Gasteiger partial charge in [-0.1, -0.05) is 30.3 Å². The third-order valence-electron chi connectivity index (χ3n) is 4.50. The summed E-state index contributed by atoms with van der Waals surface area (Å²) in [7, 11) is 0. The van der Waals surface area contributed by atoms with Crippen LogP contribution in [0.5, 0.6) is 5.75 Å². The standard InChI is InChI=1S/C21H24N2O3/c1-15-8-2-3-9-16(15)21(25)23-13-7-6-12-22-14-19-20(24)17-10-4-5-11-18(17)26-19/h2-5,8-11,19,22H,6-7,12-14H2,1H3,(H,23,25). The van der Waals surface area contributed by atoms with E-state index in [0.717, 1.165) is 30.5 Å². The molecule has 26 heavy (non-hydrogen) atoms. The van der Waals surface area contributed by atoms with Gasteiger partial charge in [0.1, 0.15) is 5.75 Å². The highest BCUT2D eigenvalue weighted by Gasteiger charge is 2.31. The second-order valence-electron chi connectivity index (χ2n) is 6.45. The van der Waals surface area contributed by atoms with Gasteiger partial charge in [-0.25, -0.2) is 0 Å². The molecule has 5 nitrogen and oxygen atoms in total. The molecule has 1 aliphatic heterocycles. The van der Waals surface area contributed by atoms with Crippen LogP contribution in [0.3, 0.4) is 0 Å². The van der Waals surface area contributed by atoms with Crippen molar-refractivity contribution in [2.24, 2.45) is 0 Å². The smallest absolute Gasteiger partial charge is 0.251 e. The maximum atomic E-state index is 12.2. The lowest BCUT2D eigenvalue weighted by Gasteiger charge is -2.11. The lowest BCUT2D eigenvalue weighted by molar-refractivity contribution is 0.0856. The van der Waals surface area contributed by atoms with Gasteiger partial charge in [0.05, 0.1) is 5.56 Å². The Labute approximate surface area is 153 Å². The van der Waals surface area contributed by atoms with Gasteiger partial charge < -0.3 is 15.4 Å². The van der Waals surface area contributed by atoms with Crippen molar-refractivity contribution in [2.75, 3.05) is 19.6 Å². The number of para-hydroxylation sites is 1. The van der Waals surface area contributed by atoms with Crippen molar-refractivity contribution in [3.8, 4) is 5.75 Å². The number of hydrogen-bond donors (Lipinski definition) is 2. The SMILES string of the molecule is Cc1ccccc1C(=O)NCCCCNCC1Oc2ccccc2C1=O. The fourth-order valence-electron chi connectivity index (χ4n) is 3.02. The molecule has 2 aromatic rings. The number of fused-ring (bicyclic) bond motifs is 1. The first-order valence-corrected chi connectivity index (χ1v) is 9.01. The minimum absolute atomic E-state index is 0.0289. The Kier molecular flexibility index (Phi) is 6.02. The summed E-state index contributed by atoms with van der Waals surface area (Å²) in [5.74, 6) is 0.681. The zero-order valence-corrected chi connectivity index (χ0v) is 15.0. The van der Waals surface area contributed by atoms with E-state index in [1.54, 1.807) is 6.07 Å².